The first-order valence-corrected chi connectivity index (χ1v) is 5.45. The Morgan fingerprint density at radius 1 is 1.62 bits per heavy atom. The molecule has 86 valence electrons. The van der Waals surface area contributed by atoms with Gasteiger partial charge in [-0.15, -0.1) is 0 Å². The zero-order valence-corrected chi connectivity index (χ0v) is 9.29. The molecular weight excluding hydrogens is 204 g/mol. The molecular formula is C11H16N4O. The molecule has 0 aliphatic carbocycles. The molecule has 0 radical (unpaired) electrons. The van der Waals surface area contributed by atoms with Crippen LogP contribution < -0.4 is 16.0 Å². The van der Waals surface area contributed by atoms with Gasteiger partial charge in [-0.3, -0.25) is 4.79 Å². The minimum Gasteiger partial charge on any atom is -0.383 e. The highest BCUT2D eigenvalue weighted by atomic mass is 16.1. The zero-order valence-electron chi connectivity index (χ0n) is 9.29. The molecule has 2 rings (SSSR count). The van der Waals surface area contributed by atoms with E-state index in [0.717, 1.165) is 24.5 Å². The maximum Gasteiger partial charge on any atom is 0.220 e. The van der Waals surface area contributed by atoms with Crippen molar-refractivity contribution in [2.24, 2.45) is 0 Å². The van der Waals surface area contributed by atoms with Crippen LogP contribution in [0.1, 0.15) is 12.8 Å². The van der Waals surface area contributed by atoms with Gasteiger partial charge >= 0.3 is 0 Å². The summed E-state index contributed by atoms with van der Waals surface area (Å²) in [7, 11) is 1.84. The fourth-order valence-electron chi connectivity index (χ4n) is 1.75. The van der Waals surface area contributed by atoms with E-state index in [1.165, 1.54) is 0 Å². The molecule has 1 aliphatic heterocycles. The van der Waals surface area contributed by atoms with E-state index in [9.17, 15) is 4.79 Å². The molecule has 1 saturated heterocycles. The fourth-order valence-corrected chi connectivity index (χ4v) is 1.75. The number of carbonyl (C=O) groups is 1. The molecule has 0 bridgehead atoms. The number of aromatic nitrogens is 1. The molecule has 1 amide bonds. The van der Waals surface area contributed by atoms with Crippen molar-refractivity contribution < 1.29 is 4.79 Å². The van der Waals surface area contributed by atoms with Crippen LogP contribution in [0, 0.1) is 0 Å². The van der Waals surface area contributed by atoms with E-state index in [1.807, 2.05) is 19.2 Å². The number of rotatable bonds is 4. The normalized spacial score (nSPS) is 19.3. The third-order valence-electron chi connectivity index (χ3n) is 2.65. The second kappa shape index (κ2) is 4.83. The Hall–Kier alpha value is -1.78. The van der Waals surface area contributed by atoms with Gasteiger partial charge in [0, 0.05) is 44.0 Å². The number of anilines is 2. The Bertz CT molecular complexity index is 380. The van der Waals surface area contributed by atoms with Gasteiger partial charge in [-0.25, -0.2) is 4.98 Å². The molecule has 5 nitrogen and oxygen atoms in total. The number of nitrogens with one attached hydrogen (secondary N) is 3. The van der Waals surface area contributed by atoms with E-state index in [0.29, 0.717) is 6.42 Å². The van der Waals surface area contributed by atoms with Crippen molar-refractivity contribution in [1.82, 2.24) is 10.3 Å². The second-order valence-corrected chi connectivity index (χ2v) is 3.86. The van der Waals surface area contributed by atoms with Gasteiger partial charge in [0.25, 0.3) is 0 Å². The van der Waals surface area contributed by atoms with Gasteiger partial charge in [0.1, 0.15) is 5.82 Å². The van der Waals surface area contributed by atoms with Gasteiger partial charge < -0.3 is 16.0 Å². The Balaban J connectivity index is 1.87. The van der Waals surface area contributed by atoms with E-state index < -0.39 is 0 Å². The van der Waals surface area contributed by atoms with Crippen LogP contribution in [-0.2, 0) is 4.79 Å². The van der Waals surface area contributed by atoms with Crippen LogP contribution in [0.25, 0.3) is 0 Å². The Kier molecular flexibility index (Phi) is 3.24. The number of carbonyl (C=O) groups excluding carboxylic acids is 1. The first-order chi connectivity index (χ1) is 7.78. The minimum atomic E-state index is 0.150. The molecule has 1 fully saturated rings. The van der Waals surface area contributed by atoms with Crippen molar-refractivity contribution in [2.45, 2.75) is 18.9 Å². The van der Waals surface area contributed by atoms with Crippen molar-refractivity contribution in [3.8, 4) is 0 Å². The number of hydrogen-bond acceptors (Lipinski definition) is 4. The van der Waals surface area contributed by atoms with Gasteiger partial charge in [-0.2, -0.15) is 0 Å². The molecule has 1 aromatic heterocycles. The third-order valence-corrected chi connectivity index (χ3v) is 2.65. The highest BCUT2D eigenvalue weighted by Gasteiger charge is 2.19. The molecule has 16 heavy (non-hydrogen) atoms. The lowest BCUT2D eigenvalue weighted by molar-refractivity contribution is -0.119. The van der Waals surface area contributed by atoms with Crippen molar-refractivity contribution in [3.05, 3.63) is 18.3 Å². The predicted octanol–water partition coefficient (Wildman–Crippen LogP) is 0.814. The van der Waals surface area contributed by atoms with Crippen molar-refractivity contribution in [3.63, 3.8) is 0 Å². The summed E-state index contributed by atoms with van der Waals surface area (Å²) in [5, 5.41) is 9.19. The number of nitrogens with zero attached hydrogens (tertiary/aromatic N) is 1. The van der Waals surface area contributed by atoms with E-state index in [2.05, 4.69) is 20.9 Å². The standard InChI is InChI=1S/C11H16N4O/c1-12-10-6-8(4-5-13-10)14-7-9-2-3-11(16)15-9/h4-6,9H,2-3,7H2,1H3,(H,15,16)(H2,12,13,14). The maximum atomic E-state index is 11.0. The maximum absolute atomic E-state index is 11.0. The SMILES string of the molecule is CNc1cc(NCC2CCC(=O)N2)ccn1. The lowest BCUT2D eigenvalue weighted by Gasteiger charge is -2.12. The van der Waals surface area contributed by atoms with Gasteiger partial charge in [-0.1, -0.05) is 0 Å². The molecule has 0 aromatic carbocycles. The molecule has 1 unspecified atom stereocenters. The van der Waals surface area contributed by atoms with Gasteiger partial charge in [0.15, 0.2) is 0 Å². The Morgan fingerprint density at radius 3 is 3.19 bits per heavy atom. The number of hydrogen-bond donors (Lipinski definition) is 3. The van der Waals surface area contributed by atoms with Crippen LogP contribution in [0.5, 0.6) is 0 Å². The van der Waals surface area contributed by atoms with Crippen molar-refractivity contribution in [1.29, 1.82) is 0 Å². The molecule has 1 aromatic rings. The van der Waals surface area contributed by atoms with Crippen LogP contribution in [-0.4, -0.2) is 30.5 Å². The quantitative estimate of drug-likeness (QED) is 0.702. The number of pyridine rings is 1. The van der Waals surface area contributed by atoms with E-state index in [4.69, 9.17) is 0 Å². The van der Waals surface area contributed by atoms with Crippen LogP contribution in [0.2, 0.25) is 0 Å². The Labute approximate surface area is 94.6 Å². The third kappa shape index (κ3) is 2.62. The first kappa shape index (κ1) is 10.7. The summed E-state index contributed by atoms with van der Waals surface area (Å²) < 4.78 is 0. The molecule has 1 aliphatic rings. The second-order valence-electron chi connectivity index (χ2n) is 3.86. The molecule has 3 N–H and O–H groups in total. The van der Waals surface area contributed by atoms with Gasteiger partial charge in [0.05, 0.1) is 0 Å². The van der Waals surface area contributed by atoms with Crippen molar-refractivity contribution in [2.75, 3.05) is 24.2 Å². The van der Waals surface area contributed by atoms with Crippen LogP contribution in [0.4, 0.5) is 11.5 Å². The fraction of sp³-hybridized carbons (Fsp3) is 0.455. The highest BCUT2D eigenvalue weighted by molar-refractivity contribution is 5.78. The summed E-state index contributed by atoms with van der Waals surface area (Å²) in [5.41, 5.74) is 1.01. The number of amides is 1. The van der Waals surface area contributed by atoms with Gasteiger partial charge in [-0.05, 0) is 12.5 Å². The van der Waals surface area contributed by atoms with E-state index >= 15 is 0 Å². The minimum absolute atomic E-state index is 0.150. The van der Waals surface area contributed by atoms with Crippen LogP contribution in [0.15, 0.2) is 18.3 Å². The van der Waals surface area contributed by atoms with E-state index in [1.54, 1.807) is 6.20 Å². The van der Waals surface area contributed by atoms with Crippen LogP contribution >= 0.6 is 0 Å². The Morgan fingerprint density at radius 2 is 2.50 bits per heavy atom. The smallest absolute Gasteiger partial charge is 0.220 e. The largest absolute Gasteiger partial charge is 0.383 e. The zero-order chi connectivity index (χ0) is 11.4. The average Bonchev–Trinajstić information content (AvgIpc) is 2.73. The summed E-state index contributed by atoms with van der Waals surface area (Å²) in [6, 6.07) is 4.10. The molecule has 2 heterocycles. The lowest BCUT2D eigenvalue weighted by Crippen LogP contribution is -2.31. The lowest BCUT2D eigenvalue weighted by atomic mass is 10.2. The first-order valence-electron chi connectivity index (χ1n) is 5.45. The van der Waals surface area contributed by atoms with Crippen LogP contribution in [0.3, 0.4) is 0 Å². The molecule has 0 spiro atoms. The molecule has 1 atom stereocenters. The summed E-state index contributed by atoms with van der Waals surface area (Å²) in [6.45, 7) is 0.763. The summed E-state index contributed by atoms with van der Waals surface area (Å²) in [4.78, 5) is 15.1. The summed E-state index contributed by atoms with van der Waals surface area (Å²) >= 11 is 0. The van der Waals surface area contributed by atoms with Gasteiger partial charge in [0.2, 0.25) is 5.91 Å². The summed E-state index contributed by atoms with van der Waals surface area (Å²) in [5.74, 6) is 0.984. The van der Waals surface area contributed by atoms with Crippen molar-refractivity contribution >= 4 is 17.4 Å². The van der Waals surface area contributed by atoms with E-state index in [-0.39, 0.29) is 11.9 Å². The predicted molar refractivity (Wildman–Crippen MR) is 63.4 cm³/mol. The monoisotopic (exact) mass is 220 g/mol. The highest BCUT2D eigenvalue weighted by Crippen LogP contribution is 2.13. The average molecular weight is 220 g/mol. The molecule has 0 saturated carbocycles. The summed E-state index contributed by atoms with van der Waals surface area (Å²) in [6.07, 6.45) is 3.31. The molecule has 5 heteroatoms. The topological polar surface area (TPSA) is 66.0 Å².